The maximum Gasteiger partial charge on any atom is 0.417 e. The van der Waals surface area contributed by atoms with E-state index in [-0.39, 0.29) is 19.6 Å². The number of sulfonamides is 1. The molecule has 1 fully saturated rings. The van der Waals surface area contributed by atoms with Crippen molar-refractivity contribution in [2.24, 2.45) is 0 Å². The number of aliphatic hydroxyl groups is 1. The molecule has 0 amide bonds. The summed E-state index contributed by atoms with van der Waals surface area (Å²) in [5.74, 6) is 0. The van der Waals surface area contributed by atoms with Crippen molar-refractivity contribution in [3.05, 3.63) is 28.8 Å². The maximum atomic E-state index is 12.8. The van der Waals surface area contributed by atoms with Gasteiger partial charge in [-0.15, -0.1) is 0 Å². The molecular formula is C13H15ClF3NO4S. The molecule has 2 rings (SSSR count). The topological polar surface area (TPSA) is 75.6 Å². The van der Waals surface area contributed by atoms with Gasteiger partial charge in [0.2, 0.25) is 10.0 Å². The summed E-state index contributed by atoms with van der Waals surface area (Å²) in [5.41, 5.74) is -2.63. The first kappa shape index (κ1) is 18.5. The van der Waals surface area contributed by atoms with Gasteiger partial charge in [0.1, 0.15) is 5.60 Å². The molecule has 2 N–H and O–H groups in total. The van der Waals surface area contributed by atoms with Gasteiger partial charge in [-0.3, -0.25) is 0 Å². The first-order valence-corrected chi connectivity index (χ1v) is 8.52. The lowest BCUT2D eigenvalue weighted by Crippen LogP contribution is -2.47. The summed E-state index contributed by atoms with van der Waals surface area (Å²) < 4.78 is 70.0. The Kier molecular flexibility index (Phi) is 4.99. The monoisotopic (exact) mass is 373 g/mol. The van der Waals surface area contributed by atoms with Crippen molar-refractivity contribution in [2.45, 2.75) is 36.1 Å². The molecule has 1 aliphatic heterocycles. The summed E-state index contributed by atoms with van der Waals surface area (Å²) in [6, 6.07) is 2.30. The Morgan fingerprint density at radius 3 is 2.65 bits per heavy atom. The van der Waals surface area contributed by atoms with E-state index in [1.165, 1.54) is 0 Å². The van der Waals surface area contributed by atoms with Crippen LogP contribution >= 0.6 is 11.6 Å². The van der Waals surface area contributed by atoms with Gasteiger partial charge in [0.05, 0.1) is 21.6 Å². The lowest BCUT2D eigenvalue weighted by Gasteiger charge is -2.26. The van der Waals surface area contributed by atoms with E-state index in [2.05, 4.69) is 4.72 Å². The molecule has 1 aromatic rings. The Bertz CT molecular complexity index is 695. The van der Waals surface area contributed by atoms with Crippen LogP contribution in [0.5, 0.6) is 0 Å². The van der Waals surface area contributed by atoms with Crippen LogP contribution in [0.25, 0.3) is 0 Å². The van der Waals surface area contributed by atoms with E-state index in [1.807, 2.05) is 0 Å². The number of hydrogen-bond donors (Lipinski definition) is 2. The number of hydrogen-bond acceptors (Lipinski definition) is 4. The van der Waals surface area contributed by atoms with Gasteiger partial charge in [-0.05, 0) is 25.1 Å². The van der Waals surface area contributed by atoms with Crippen LogP contribution in [-0.4, -0.2) is 38.4 Å². The Morgan fingerprint density at radius 1 is 1.48 bits per heavy atom. The number of benzene rings is 1. The minimum absolute atomic E-state index is 0.227. The highest BCUT2D eigenvalue weighted by Crippen LogP contribution is 2.36. The highest BCUT2D eigenvalue weighted by molar-refractivity contribution is 7.89. The summed E-state index contributed by atoms with van der Waals surface area (Å²) in [7, 11) is -4.23. The summed E-state index contributed by atoms with van der Waals surface area (Å²) in [5, 5.41) is 9.66. The molecule has 2 atom stereocenters. The standard InChI is InChI=1S/C13H15ClF3NO4S/c1-8-12(19,4-5-22-8)7-18-23(20,21)9-2-3-11(14)10(6-9)13(15,16)17/h2-3,6,8,18-19H,4-5,7H2,1H3. The van der Waals surface area contributed by atoms with Gasteiger partial charge in [-0.1, -0.05) is 11.6 Å². The van der Waals surface area contributed by atoms with Gasteiger partial charge in [0.25, 0.3) is 0 Å². The quantitative estimate of drug-likeness (QED) is 0.848. The van der Waals surface area contributed by atoms with Crippen LogP contribution in [0.3, 0.4) is 0 Å². The number of alkyl halides is 3. The molecule has 0 aliphatic carbocycles. The average molecular weight is 374 g/mol. The van der Waals surface area contributed by atoms with Crippen molar-refractivity contribution >= 4 is 21.6 Å². The van der Waals surface area contributed by atoms with Crippen molar-refractivity contribution in [3.8, 4) is 0 Å². The Balaban J connectivity index is 2.23. The van der Waals surface area contributed by atoms with E-state index in [4.69, 9.17) is 16.3 Å². The van der Waals surface area contributed by atoms with Crippen molar-refractivity contribution in [1.29, 1.82) is 0 Å². The van der Waals surface area contributed by atoms with Crippen molar-refractivity contribution < 1.29 is 31.4 Å². The van der Waals surface area contributed by atoms with Gasteiger partial charge in [-0.2, -0.15) is 13.2 Å². The second kappa shape index (κ2) is 6.21. The van der Waals surface area contributed by atoms with Crippen LogP contribution in [0.15, 0.2) is 23.1 Å². The van der Waals surface area contributed by atoms with Crippen molar-refractivity contribution in [3.63, 3.8) is 0 Å². The number of ether oxygens (including phenoxy) is 1. The van der Waals surface area contributed by atoms with E-state index >= 15 is 0 Å². The predicted octanol–water partition coefficient (Wildman–Crippen LogP) is 2.18. The summed E-state index contributed by atoms with van der Waals surface area (Å²) in [6.07, 6.45) is -5.12. The number of rotatable bonds is 4. The van der Waals surface area contributed by atoms with Crippen LogP contribution in [0.2, 0.25) is 5.02 Å². The van der Waals surface area contributed by atoms with E-state index < -0.39 is 43.4 Å². The van der Waals surface area contributed by atoms with Crippen molar-refractivity contribution in [2.75, 3.05) is 13.2 Å². The summed E-state index contributed by atoms with van der Waals surface area (Å²) in [6.45, 7) is 1.50. The van der Waals surface area contributed by atoms with Gasteiger partial charge in [-0.25, -0.2) is 13.1 Å². The molecule has 1 aliphatic rings. The van der Waals surface area contributed by atoms with Gasteiger partial charge in [0, 0.05) is 19.6 Å². The molecule has 0 aromatic heterocycles. The van der Waals surface area contributed by atoms with Crippen LogP contribution in [-0.2, 0) is 20.9 Å². The van der Waals surface area contributed by atoms with Crippen LogP contribution in [0.1, 0.15) is 18.9 Å². The van der Waals surface area contributed by atoms with E-state index in [1.54, 1.807) is 6.92 Å². The van der Waals surface area contributed by atoms with Crippen LogP contribution < -0.4 is 4.72 Å². The van der Waals surface area contributed by atoms with E-state index in [0.29, 0.717) is 6.07 Å². The molecule has 5 nitrogen and oxygen atoms in total. The molecule has 1 saturated heterocycles. The Hall–Kier alpha value is -0.870. The molecule has 1 heterocycles. The minimum atomic E-state index is -4.77. The lowest BCUT2D eigenvalue weighted by atomic mass is 9.97. The minimum Gasteiger partial charge on any atom is -0.386 e. The molecule has 130 valence electrons. The maximum absolute atomic E-state index is 12.8. The second-order valence-corrected chi connectivity index (χ2v) is 7.50. The molecule has 10 heteroatoms. The fourth-order valence-corrected chi connectivity index (χ4v) is 3.55. The zero-order valence-corrected chi connectivity index (χ0v) is 13.6. The van der Waals surface area contributed by atoms with Crippen molar-refractivity contribution in [1.82, 2.24) is 4.72 Å². The van der Waals surface area contributed by atoms with Gasteiger partial charge in [0.15, 0.2) is 0 Å². The van der Waals surface area contributed by atoms with E-state index in [9.17, 15) is 26.7 Å². The molecule has 23 heavy (non-hydrogen) atoms. The third-order valence-electron chi connectivity index (χ3n) is 3.78. The third kappa shape index (κ3) is 3.97. The predicted molar refractivity (Wildman–Crippen MR) is 76.6 cm³/mol. The molecule has 1 aromatic carbocycles. The normalized spacial score (nSPS) is 25.7. The molecular weight excluding hydrogens is 359 g/mol. The molecule has 0 spiro atoms. The molecule has 0 radical (unpaired) electrons. The third-order valence-corrected chi connectivity index (χ3v) is 5.51. The number of nitrogens with one attached hydrogen (secondary N) is 1. The summed E-state index contributed by atoms with van der Waals surface area (Å²) in [4.78, 5) is -0.579. The largest absolute Gasteiger partial charge is 0.417 e. The zero-order valence-electron chi connectivity index (χ0n) is 12.0. The zero-order chi connectivity index (χ0) is 17.5. The lowest BCUT2D eigenvalue weighted by molar-refractivity contribution is -0.137. The summed E-state index contributed by atoms with van der Waals surface area (Å²) >= 11 is 5.46. The Labute approximate surface area is 136 Å². The van der Waals surface area contributed by atoms with Gasteiger partial charge >= 0.3 is 6.18 Å². The molecule has 2 unspecified atom stereocenters. The molecule has 0 bridgehead atoms. The first-order chi connectivity index (χ1) is 10.5. The van der Waals surface area contributed by atoms with Crippen LogP contribution in [0, 0.1) is 0 Å². The fourth-order valence-electron chi connectivity index (χ4n) is 2.20. The highest BCUT2D eigenvalue weighted by atomic mass is 35.5. The average Bonchev–Trinajstić information content (AvgIpc) is 2.76. The van der Waals surface area contributed by atoms with E-state index in [0.717, 1.165) is 12.1 Å². The smallest absolute Gasteiger partial charge is 0.386 e. The fraction of sp³-hybridized carbons (Fsp3) is 0.538. The molecule has 0 saturated carbocycles. The second-order valence-electron chi connectivity index (χ2n) is 5.33. The highest BCUT2D eigenvalue weighted by Gasteiger charge is 2.40. The van der Waals surface area contributed by atoms with Gasteiger partial charge < -0.3 is 9.84 Å². The number of halogens is 4. The first-order valence-electron chi connectivity index (χ1n) is 6.66. The van der Waals surface area contributed by atoms with Crippen LogP contribution in [0.4, 0.5) is 13.2 Å². The SMILES string of the molecule is CC1OCCC1(O)CNS(=O)(=O)c1ccc(Cl)c(C(F)(F)F)c1. The Morgan fingerprint density at radius 2 is 2.13 bits per heavy atom.